The first-order chi connectivity index (χ1) is 9.72. The lowest BCUT2D eigenvalue weighted by atomic mass is 10.0. The number of rotatable bonds is 3. The zero-order chi connectivity index (χ0) is 14.1. The number of aldehydes is 1. The summed E-state index contributed by atoms with van der Waals surface area (Å²) in [5.41, 5.74) is 6.29. The highest BCUT2D eigenvalue weighted by atomic mass is 16.1. The molecular formula is C18H17NO. The minimum Gasteiger partial charge on any atom is -0.313 e. The molecule has 0 aliphatic carbocycles. The van der Waals surface area contributed by atoms with E-state index in [1.165, 1.54) is 11.1 Å². The molecule has 0 amide bonds. The maximum Gasteiger partial charge on any atom is 0.167 e. The fourth-order valence-electron chi connectivity index (χ4n) is 2.61. The molecule has 3 aromatic rings. The van der Waals surface area contributed by atoms with E-state index in [0.29, 0.717) is 0 Å². The molecule has 0 atom stereocenters. The van der Waals surface area contributed by atoms with Gasteiger partial charge in [0.1, 0.15) is 0 Å². The van der Waals surface area contributed by atoms with Gasteiger partial charge < -0.3 is 4.40 Å². The van der Waals surface area contributed by atoms with E-state index in [2.05, 4.69) is 56.4 Å². The van der Waals surface area contributed by atoms with Crippen LogP contribution in [0.1, 0.15) is 28.5 Å². The van der Waals surface area contributed by atoms with Gasteiger partial charge in [0.15, 0.2) is 6.29 Å². The van der Waals surface area contributed by atoms with Crippen molar-refractivity contribution in [3.63, 3.8) is 0 Å². The van der Waals surface area contributed by atoms with E-state index in [4.69, 9.17) is 0 Å². The largest absolute Gasteiger partial charge is 0.313 e. The van der Waals surface area contributed by atoms with Crippen molar-refractivity contribution in [2.24, 2.45) is 0 Å². The van der Waals surface area contributed by atoms with Gasteiger partial charge in [-0.15, -0.1) is 0 Å². The topological polar surface area (TPSA) is 21.5 Å². The molecule has 0 unspecified atom stereocenters. The molecule has 3 rings (SSSR count). The van der Waals surface area contributed by atoms with Crippen LogP contribution in [0.25, 0.3) is 16.6 Å². The Morgan fingerprint density at radius 3 is 2.70 bits per heavy atom. The number of aryl methyl sites for hydroxylation is 2. The Morgan fingerprint density at radius 1 is 1.15 bits per heavy atom. The molecule has 0 fully saturated rings. The third kappa shape index (κ3) is 2.03. The van der Waals surface area contributed by atoms with E-state index in [0.717, 1.165) is 35.0 Å². The first-order valence-corrected chi connectivity index (χ1v) is 6.89. The average Bonchev–Trinajstić information content (AvgIpc) is 2.84. The molecule has 100 valence electrons. The zero-order valence-electron chi connectivity index (χ0n) is 11.8. The normalized spacial score (nSPS) is 10.9. The summed E-state index contributed by atoms with van der Waals surface area (Å²) in [6.07, 6.45) is 3.97. The number of benzene rings is 1. The molecule has 20 heavy (non-hydrogen) atoms. The quantitative estimate of drug-likeness (QED) is 0.646. The number of pyridine rings is 1. The Hall–Kier alpha value is -2.35. The second-order valence-corrected chi connectivity index (χ2v) is 5.12. The van der Waals surface area contributed by atoms with Gasteiger partial charge in [-0.1, -0.05) is 42.8 Å². The van der Waals surface area contributed by atoms with Crippen molar-refractivity contribution in [3.05, 3.63) is 65.5 Å². The second-order valence-electron chi connectivity index (χ2n) is 5.12. The van der Waals surface area contributed by atoms with E-state index >= 15 is 0 Å². The summed E-state index contributed by atoms with van der Waals surface area (Å²) in [4.78, 5) is 11.5. The van der Waals surface area contributed by atoms with Gasteiger partial charge in [-0.2, -0.15) is 0 Å². The van der Waals surface area contributed by atoms with Crippen LogP contribution >= 0.6 is 0 Å². The van der Waals surface area contributed by atoms with Crippen LogP contribution in [0.15, 0.2) is 48.7 Å². The number of carbonyl (C=O) groups is 1. The first-order valence-electron chi connectivity index (χ1n) is 6.89. The standard InChI is InChI=1S/C18H17NO/c1-3-14-7-8-16-10-17(18(12-20)19(16)11-14)15-6-4-5-13(2)9-15/h4-12H,3H2,1-2H3. The molecule has 0 saturated heterocycles. The first kappa shape index (κ1) is 12.7. The summed E-state index contributed by atoms with van der Waals surface area (Å²) in [6, 6.07) is 14.5. The highest BCUT2D eigenvalue weighted by Crippen LogP contribution is 2.27. The van der Waals surface area contributed by atoms with Gasteiger partial charge in [0.05, 0.1) is 5.69 Å². The molecule has 0 radical (unpaired) electrons. The molecule has 2 nitrogen and oxygen atoms in total. The molecular weight excluding hydrogens is 246 g/mol. The van der Waals surface area contributed by atoms with Gasteiger partial charge in [-0.05, 0) is 36.6 Å². The number of carbonyl (C=O) groups excluding carboxylic acids is 1. The van der Waals surface area contributed by atoms with Crippen molar-refractivity contribution >= 4 is 11.8 Å². The van der Waals surface area contributed by atoms with Crippen molar-refractivity contribution < 1.29 is 4.79 Å². The highest BCUT2D eigenvalue weighted by molar-refractivity contribution is 5.90. The van der Waals surface area contributed by atoms with Crippen LogP contribution in [-0.2, 0) is 6.42 Å². The Kier molecular flexibility index (Phi) is 3.15. The van der Waals surface area contributed by atoms with Crippen LogP contribution < -0.4 is 0 Å². The van der Waals surface area contributed by atoms with Crippen LogP contribution in [0, 0.1) is 6.92 Å². The van der Waals surface area contributed by atoms with Crippen molar-refractivity contribution in [2.45, 2.75) is 20.3 Å². The second kappa shape index (κ2) is 4.97. The third-order valence-electron chi connectivity index (χ3n) is 3.72. The molecule has 0 saturated carbocycles. The molecule has 2 heterocycles. The highest BCUT2D eigenvalue weighted by Gasteiger charge is 2.11. The lowest BCUT2D eigenvalue weighted by molar-refractivity contribution is 0.111. The predicted molar refractivity (Wildman–Crippen MR) is 82.3 cm³/mol. The average molecular weight is 263 g/mol. The summed E-state index contributed by atoms with van der Waals surface area (Å²) in [6.45, 7) is 4.18. The molecule has 0 aliphatic rings. The number of fused-ring (bicyclic) bond motifs is 1. The molecule has 1 aromatic carbocycles. The number of hydrogen-bond acceptors (Lipinski definition) is 1. The van der Waals surface area contributed by atoms with Crippen LogP contribution in [0.4, 0.5) is 0 Å². The van der Waals surface area contributed by atoms with Gasteiger partial charge in [-0.3, -0.25) is 4.79 Å². The predicted octanol–water partition coefficient (Wildman–Crippen LogP) is 4.29. The summed E-state index contributed by atoms with van der Waals surface area (Å²) in [5, 5.41) is 0. The van der Waals surface area contributed by atoms with Crippen molar-refractivity contribution in [1.29, 1.82) is 0 Å². The fraction of sp³-hybridized carbons (Fsp3) is 0.167. The zero-order valence-corrected chi connectivity index (χ0v) is 11.8. The number of hydrogen-bond donors (Lipinski definition) is 0. The van der Waals surface area contributed by atoms with Gasteiger partial charge in [0, 0.05) is 17.3 Å². The van der Waals surface area contributed by atoms with Crippen LogP contribution in [0.3, 0.4) is 0 Å². The van der Waals surface area contributed by atoms with Gasteiger partial charge in [0.2, 0.25) is 0 Å². The maximum atomic E-state index is 11.5. The monoisotopic (exact) mass is 263 g/mol. The molecule has 2 heteroatoms. The molecule has 2 aromatic heterocycles. The van der Waals surface area contributed by atoms with Gasteiger partial charge >= 0.3 is 0 Å². The van der Waals surface area contributed by atoms with Crippen molar-refractivity contribution in [2.75, 3.05) is 0 Å². The maximum absolute atomic E-state index is 11.5. The van der Waals surface area contributed by atoms with E-state index in [1.807, 2.05) is 10.5 Å². The van der Waals surface area contributed by atoms with E-state index < -0.39 is 0 Å². The molecule has 0 N–H and O–H groups in total. The summed E-state index contributed by atoms with van der Waals surface area (Å²) < 4.78 is 1.99. The number of aromatic nitrogens is 1. The summed E-state index contributed by atoms with van der Waals surface area (Å²) in [7, 11) is 0. The third-order valence-corrected chi connectivity index (χ3v) is 3.72. The van der Waals surface area contributed by atoms with E-state index in [-0.39, 0.29) is 0 Å². The summed E-state index contributed by atoms with van der Waals surface area (Å²) >= 11 is 0. The Morgan fingerprint density at radius 2 is 2.00 bits per heavy atom. The van der Waals surface area contributed by atoms with Crippen LogP contribution in [0.2, 0.25) is 0 Å². The van der Waals surface area contributed by atoms with Gasteiger partial charge in [0.25, 0.3) is 0 Å². The van der Waals surface area contributed by atoms with E-state index in [1.54, 1.807) is 0 Å². The molecule has 0 aliphatic heterocycles. The lowest BCUT2D eigenvalue weighted by Gasteiger charge is -2.03. The van der Waals surface area contributed by atoms with Crippen molar-refractivity contribution in [1.82, 2.24) is 4.40 Å². The Bertz CT molecular complexity index is 783. The smallest absolute Gasteiger partial charge is 0.167 e. The van der Waals surface area contributed by atoms with Gasteiger partial charge in [-0.25, -0.2) is 0 Å². The fourth-order valence-corrected chi connectivity index (χ4v) is 2.61. The summed E-state index contributed by atoms with van der Waals surface area (Å²) in [5.74, 6) is 0. The Balaban J connectivity index is 2.28. The SMILES string of the molecule is CCc1ccc2cc(-c3cccc(C)c3)c(C=O)n2c1. The van der Waals surface area contributed by atoms with E-state index in [9.17, 15) is 4.79 Å². The lowest BCUT2D eigenvalue weighted by Crippen LogP contribution is -1.94. The Labute approximate surface area is 118 Å². The van der Waals surface area contributed by atoms with Crippen LogP contribution in [0.5, 0.6) is 0 Å². The minimum absolute atomic E-state index is 0.723. The number of nitrogens with zero attached hydrogens (tertiary/aromatic N) is 1. The molecule has 0 bridgehead atoms. The minimum atomic E-state index is 0.723. The van der Waals surface area contributed by atoms with Crippen LogP contribution in [-0.4, -0.2) is 10.7 Å². The molecule has 0 spiro atoms. The van der Waals surface area contributed by atoms with Crippen molar-refractivity contribution in [3.8, 4) is 11.1 Å².